The first-order valence-electron chi connectivity index (χ1n) is 7.57. The van der Waals surface area contributed by atoms with Crippen LogP contribution in [-0.2, 0) is 10.0 Å². The van der Waals surface area contributed by atoms with Crippen LogP contribution in [-0.4, -0.2) is 32.2 Å². The minimum Gasteiger partial charge on any atom is -0.393 e. The Morgan fingerprint density at radius 3 is 2.38 bits per heavy atom. The first kappa shape index (κ1) is 14.8. The van der Waals surface area contributed by atoms with Crippen LogP contribution in [0.25, 0.3) is 0 Å². The molecule has 1 aromatic carbocycles. The molecule has 0 aromatic heterocycles. The van der Waals surface area contributed by atoms with Crippen LogP contribution in [0.15, 0.2) is 29.2 Å². The molecule has 5 nitrogen and oxygen atoms in total. The van der Waals surface area contributed by atoms with Gasteiger partial charge in [0.1, 0.15) is 0 Å². The predicted molar refractivity (Wildman–Crippen MR) is 81.6 cm³/mol. The molecule has 116 valence electrons. The molecule has 0 aliphatic heterocycles. The Hall–Kier alpha value is -1.11. The zero-order valence-corrected chi connectivity index (χ0v) is 12.8. The molecular formula is C15H22N2O3S. The SMILES string of the molecule is O=S(=O)(NC1CC1)c1ccc(NCC2CCC(O)C2)cc1. The maximum Gasteiger partial charge on any atom is 0.240 e. The molecule has 2 aliphatic carbocycles. The molecule has 3 rings (SSSR count). The fourth-order valence-corrected chi connectivity index (χ4v) is 4.04. The second kappa shape index (κ2) is 5.94. The van der Waals surface area contributed by atoms with Gasteiger partial charge in [0.05, 0.1) is 11.0 Å². The van der Waals surface area contributed by atoms with Crippen molar-refractivity contribution in [3.63, 3.8) is 0 Å². The van der Waals surface area contributed by atoms with Crippen LogP contribution in [0.5, 0.6) is 0 Å². The second-order valence-electron chi connectivity index (χ2n) is 6.13. The molecule has 0 radical (unpaired) electrons. The Kier molecular flexibility index (Phi) is 4.19. The van der Waals surface area contributed by atoms with E-state index in [1.807, 2.05) is 0 Å². The lowest BCUT2D eigenvalue weighted by atomic mass is 10.1. The van der Waals surface area contributed by atoms with Crippen LogP contribution in [0, 0.1) is 5.92 Å². The standard InChI is InChI=1S/C15H22N2O3S/c18-14-6-1-11(9-14)10-16-12-4-7-15(8-5-12)21(19,20)17-13-2-3-13/h4-5,7-8,11,13-14,16-18H,1-3,6,9-10H2. The molecule has 6 heteroatoms. The summed E-state index contributed by atoms with van der Waals surface area (Å²) in [5.41, 5.74) is 0.918. The highest BCUT2D eigenvalue weighted by Crippen LogP contribution is 2.26. The van der Waals surface area contributed by atoms with Crippen LogP contribution in [0.3, 0.4) is 0 Å². The van der Waals surface area contributed by atoms with Gasteiger partial charge in [-0.25, -0.2) is 13.1 Å². The van der Waals surface area contributed by atoms with Crippen LogP contribution < -0.4 is 10.0 Å². The molecule has 2 unspecified atom stereocenters. The van der Waals surface area contributed by atoms with Crippen LogP contribution >= 0.6 is 0 Å². The van der Waals surface area contributed by atoms with E-state index in [1.54, 1.807) is 24.3 Å². The maximum absolute atomic E-state index is 12.0. The first-order valence-corrected chi connectivity index (χ1v) is 9.05. The largest absolute Gasteiger partial charge is 0.393 e. The first-order chi connectivity index (χ1) is 10.0. The molecule has 0 heterocycles. The number of sulfonamides is 1. The minimum atomic E-state index is -3.36. The van der Waals surface area contributed by atoms with Crippen molar-refractivity contribution < 1.29 is 13.5 Å². The number of benzene rings is 1. The fourth-order valence-electron chi connectivity index (χ4n) is 2.74. The number of nitrogens with one attached hydrogen (secondary N) is 2. The molecule has 0 bridgehead atoms. The third-order valence-electron chi connectivity index (χ3n) is 4.17. The van der Waals surface area contributed by atoms with Crippen molar-refractivity contribution in [2.75, 3.05) is 11.9 Å². The summed E-state index contributed by atoms with van der Waals surface area (Å²) < 4.78 is 26.7. The van der Waals surface area contributed by atoms with E-state index in [2.05, 4.69) is 10.0 Å². The molecule has 1 aromatic rings. The zero-order valence-electron chi connectivity index (χ0n) is 12.0. The van der Waals surface area contributed by atoms with E-state index in [0.29, 0.717) is 10.8 Å². The molecule has 2 atom stereocenters. The van der Waals surface area contributed by atoms with Gasteiger partial charge in [0.2, 0.25) is 10.0 Å². The summed E-state index contributed by atoms with van der Waals surface area (Å²) >= 11 is 0. The number of hydrogen-bond acceptors (Lipinski definition) is 4. The maximum atomic E-state index is 12.0. The number of aliphatic hydroxyl groups excluding tert-OH is 1. The number of rotatable bonds is 6. The summed E-state index contributed by atoms with van der Waals surface area (Å²) in [7, 11) is -3.36. The van der Waals surface area contributed by atoms with Gasteiger partial charge >= 0.3 is 0 Å². The number of hydrogen-bond donors (Lipinski definition) is 3. The van der Waals surface area contributed by atoms with Gasteiger partial charge in [-0.3, -0.25) is 0 Å². The van der Waals surface area contributed by atoms with Gasteiger partial charge in [-0.05, 0) is 62.3 Å². The van der Waals surface area contributed by atoms with E-state index in [4.69, 9.17) is 0 Å². The van der Waals surface area contributed by atoms with Crippen molar-refractivity contribution in [3.8, 4) is 0 Å². The summed E-state index contributed by atoms with van der Waals surface area (Å²) in [4.78, 5) is 0.316. The van der Waals surface area contributed by atoms with E-state index in [0.717, 1.165) is 44.3 Å². The molecule has 21 heavy (non-hydrogen) atoms. The molecule has 2 saturated carbocycles. The Balaban J connectivity index is 1.56. The molecule has 0 amide bonds. The fraction of sp³-hybridized carbons (Fsp3) is 0.600. The van der Waals surface area contributed by atoms with Gasteiger partial charge in [0.25, 0.3) is 0 Å². The van der Waals surface area contributed by atoms with Crippen molar-refractivity contribution in [2.45, 2.75) is 49.1 Å². The van der Waals surface area contributed by atoms with Crippen molar-refractivity contribution in [1.82, 2.24) is 4.72 Å². The van der Waals surface area contributed by atoms with Crippen molar-refractivity contribution >= 4 is 15.7 Å². The third kappa shape index (κ3) is 3.96. The smallest absolute Gasteiger partial charge is 0.240 e. The van der Waals surface area contributed by atoms with Gasteiger partial charge < -0.3 is 10.4 Å². The van der Waals surface area contributed by atoms with E-state index in [-0.39, 0.29) is 12.1 Å². The lowest BCUT2D eigenvalue weighted by molar-refractivity contribution is 0.178. The van der Waals surface area contributed by atoms with Gasteiger partial charge in [0.15, 0.2) is 0 Å². The van der Waals surface area contributed by atoms with E-state index < -0.39 is 10.0 Å². The summed E-state index contributed by atoms with van der Waals surface area (Å²) in [6.45, 7) is 0.823. The van der Waals surface area contributed by atoms with Crippen LogP contribution in [0.1, 0.15) is 32.1 Å². The van der Waals surface area contributed by atoms with Crippen molar-refractivity contribution in [2.24, 2.45) is 5.92 Å². The average molecular weight is 310 g/mol. The Labute approximate surface area is 125 Å². The number of anilines is 1. The Morgan fingerprint density at radius 1 is 1.10 bits per heavy atom. The molecule has 2 fully saturated rings. The minimum absolute atomic E-state index is 0.126. The molecule has 2 aliphatic rings. The van der Waals surface area contributed by atoms with Gasteiger partial charge in [-0.15, -0.1) is 0 Å². The van der Waals surface area contributed by atoms with Crippen LogP contribution in [0.4, 0.5) is 5.69 Å². The number of aliphatic hydroxyl groups is 1. The normalized spacial score (nSPS) is 26.0. The summed E-state index contributed by atoms with van der Waals surface area (Å²) in [6.07, 6.45) is 4.50. The highest BCUT2D eigenvalue weighted by atomic mass is 32.2. The quantitative estimate of drug-likeness (QED) is 0.747. The Morgan fingerprint density at radius 2 is 1.81 bits per heavy atom. The average Bonchev–Trinajstić information content (AvgIpc) is 3.16. The van der Waals surface area contributed by atoms with E-state index in [1.165, 1.54) is 0 Å². The van der Waals surface area contributed by atoms with E-state index in [9.17, 15) is 13.5 Å². The Bertz CT molecular complexity index is 581. The highest BCUT2D eigenvalue weighted by molar-refractivity contribution is 7.89. The van der Waals surface area contributed by atoms with Crippen molar-refractivity contribution in [1.29, 1.82) is 0 Å². The van der Waals surface area contributed by atoms with Crippen LogP contribution in [0.2, 0.25) is 0 Å². The zero-order chi connectivity index (χ0) is 14.9. The lowest BCUT2D eigenvalue weighted by Crippen LogP contribution is -2.25. The molecule has 0 saturated heterocycles. The molecule has 0 spiro atoms. The topological polar surface area (TPSA) is 78.4 Å². The molecular weight excluding hydrogens is 288 g/mol. The summed E-state index contributed by atoms with van der Waals surface area (Å²) in [5, 5.41) is 12.8. The van der Waals surface area contributed by atoms with Crippen molar-refractivity contribution in [3.05, 3.63) is 24.3 Å². The lowest BCUT2D eigenvalue weighted by Gasteiger charge is -2.12. The highest BCUT2D eigenvalue weighted by Gasteiger charge is 2.28. The monoisotopic (exact) mass is 310 g/mol. The van der Waals surface area contributed by atoms with Gasteiger partial charge in [-0.1, -0.05) is 0 Å². The van der Waals surface area contributed by atoms with E-state index >= 15 is 0 Å². The second-order valence-corrected chi connectivity index (χ2v) is 7.85. The summed E-state index contributed by atoms with van der Waals surface area (Å²) in [5.74, 6) is 0.500. The van der Waals surface area contributed by atoms with Gasteiger partial charge in [0, 0.05) is 18.3 Å². The predicted octanol–water partition coefficient (Wildman–Crippen LogP) is 1.70. The summed E-state index contributed by atoms with van der Waals surface area (Å²) in [6, 6.07) is 6.99. The third-order valence-corrected chi connectivity index (χ3v) is 5.71. The van der Waals surface area contributed by atoms with Gasteiger partial charge in [-0.2, -0.15) is 0 Å². The molecule has 3 N–H and O–H groups in total.